The molecular weight excluding hydrogens is 636 g/mol. The Bertz CT molecular complexity index is 1950. The van der Waals surface area contributed by atoms with Crippen molar-refractivity contribution in [3.05, 3.63) is 154 Å². The molecule has 0 aliphatic carbocycles. The predicted octanol–water partition coefficient (Wildman–Crippen LogP) is 8.04. The number of aliphatic hydroxyl groups is 1. The molecule has 9 heteroatoms. The lowest BCUT2D eigenvalue weighted by Crippen LogP contribution is -2.24. The summed E-state index contributed by atoms with van der Waals surface area (Å²) in [6.45, 7) is 1.46. The van der Waals surface area contributed by atoms with Gasteiger partial charge in [-0.15, -0.1) is 17.9 Å². The number of aromatic nitrogens is 1. The zero-order chi connectivity index (χ0) is 33.7. The van der Waals surface area contributed by atoms with Crippen molar-refractivity contribution < 1.29 is 14.6 Å². The predicted molar refractivity (Wildman–Crippen MR) is 204 cm³/mol. The lowest BCUT2D eigenvalue weighted by atomic mass is 10.0. The molecule has 0 bridgehead atoms. The lowest BCUT2D eigenvalue weighted by molar-refractivity contribution is 0.176. The molecule has 0 saturated carbocycles. The minimum Gasteiger partial charge on any atom is -0.496 e. The smallest absolute Gasteiger partial charge is 0.248 e. The van der Waals surface area contributed by atoms with Gasteiger partial charge in [0.1, 0.15) is 18.1 Å². The van der Waals surface area contributed by atoms with E-state index >= 15 is 0 Å². The van der Waals surface area contributed by atoms with Crippen molar-refractivity contribution in [2.75, 3.05) is 25.5 Å². The number of hydrogen-bond donors (Lipinski definition) is 4. The van der Waals surface area contributed by atoms with E-state index in [1.807, 2.05) is 72.8 Å². The van der Waals surface area contributed by atoms with Crippen molar-refractivity contribution in [1.29, 1.82) is 0 Å². The summed E-state index contributed by atoms with van der Waals surface area (Å²) < 4.78 is 11.6. The third kappa shape index (κ3) is 9.09. The summed E-state index contributed by atoms with van der Waals surface area (Å²) in [5.41, 5.74) is 7.43. The number of H-pyrrole nitrogens is 1. The normalized spacial score (nSPS) is 11.3. The van der Waals surface area contributed by atoms with Crippen LogP contribution in [0.25, 0.3) is 22.0 Å². The Morgan fingerprint density at radius 3 is 2.19 bits per heavy atom. The maximum absolute atomic E-state index is 12.1. The third-order valence-corrected chi connectivity index (χ3v) is 7.94. The SMILES string of the molecule is COc1ccc(Nc2ccc(CCNC[C@H](O)c3ccc(OCc4ccccc4)c4[nH]c(=O)ccc34)cc2)cc1-c1ccccc1.PP. The number of aliphatic hydroxyl groups excluding tert-OH is 1. The van der Waals surface area contributed by atoms with Crippen molar-refractivity contribution in [2.24, 2.45) is 0 Å². The molecule has 0 fully saturated rings. The second-order valence-electron chi connectivity index (χ2n) is 11.1. The molecule has 0 aliphatic heterocycles. The van der Waals surface area contributed by atoms with E-state index in [1.54, 1.807) is 13.2 Å². The first-order chi connectivity index (χ1) is 23.6. The largest absolute Gasteiger partial charge is 0.496 e. The quantitative estimate of drug-likeness (QED) is 0.0730. The van der Waals surface area contributed by atoms with E-state index in [-0.39, 0.29) is 5.56 Å². The van der Waals surface area contributed by atoms with Crippen molar-refractivity contribution >= 4 is 40.1 Å². The highest BCUT2D eigenvalue weighted by atomic mass is 32.0. The summed E-state index contributed by atoms with van der Waals surface area (Å²) in [6.07, 6.45) is 0.0574. The first kappa shape index (κ1) is 34.8. The summed E-state index contributed by atoms with van der Waals surface area (Å²) in [6, 6.07) is 41.4. The Morgan fingerprint density at radius 2 is 1.46 bits per heavy atom. The summed E-state index contributed by atoms with van der Waals surface area (Å²) in [5, 5.41) is 18.7. The number of nitrogens with one attached hydrogen (secondary N) is 3. The summed E-state index contributed by atoms with van der Waals surface area (Å²) >= 11 is 0. The topological polar surface area (TPSA) is 95.6 Å². The molecule has 0 saturated heterocycles. The van der Waals surface area contributed by atoms with Gasteiger partial charge in [-0.25, -0.2) is 0 Å². The fraction of sp³-hybridized carbons (Fsp3) is 0.154. The van der Waals surface area contributed by atoms with E-state index < -0.39 is 6.10 Å². The van der Waals surface area contributed by atoms with Gasteiger partial charge in [0, 0.05) is 34.9 Å². The van der Waals surface area contributed by atoms with Crippen LogP contribution in [0.5, 0.6) is 11.5 Å². The molecule has 0 spiro atoms. The molecule has 48 heavy (non-hydrogen) atoms. The van der Waals surface area contributed by atoms with E-state index in [4.69, 9.17) is 9.47 Å². The van der Waals surface area contributed by atoms with E-state index in [0.29, 0.717) is 31.0 Å². The number of rotatable bonds is 13. The molecular formula is C39H41N3O4P2. The van der Waals surface area contributed by atoms with Crippen LogP contribution in [-0.2, 0) is 13.0 Å². The molecule has 3 atom stereocenters. The second kappa shape index (κ2) is 17.6. The van der Waals surface area contributed by atoms with Gasteiger partial charge < -0.3 is 30.2 Å². The molecule has 246 valence electrons. The summed E-state index contributed by atoms with van der Waals surface area (Å²) in [5.74, 6) is 1.40. The number of benzene rings is 5. The average molecular weight is 678 g/mol. The fourth-order valence-corrected chi connectivity index (χ4v) is 5.53. The average Bonchev–Trinajstić information content (AvgIpc) is 3.14. The van der Waals surface area contributed by atoms with Gasteiger partial charge in [-0.1, -0.05) is 78.9 Å². The number of fused-ring (bicyclic) bond motifs is 1. The first-order valence-corrected chi connectivity index (χ1v) is 18.4. The third-order valence-electron chi connectivity index (χ3n) is 7.94. The molecule has 4 N–H and O–H groups in total. The van der Waals surface area contributed by atoms with Gasteiger partial charge in [0.25, 0.3) is 0 Å². The molecule has 6 aromatic rings. The molecule has 6 rings (SSSR count). The van der Waals surface area contributed by atoms with Gasteiger partial charge in [-0.3, -0.25) is 4.79 Å². The first-order valence-electron chi connectivity index (χ1n) is 15.7. The Balaban J connectivity index is 0.00000221. The van der Waals surface area contributed by atoms with Gasteiger partial charge >= 0.3 is 0 Å². The van der Waals surface area contributed by atoms with Crippen LogP contribution in [0.2, 0.25) is 0 Å². The number of anilines is 2. The Labute approximate surface area is 286 Å². The van der Waals surface area contributed by atoms with Crippen molar-refractivity contribution in [2.45, 2.75) is 19.1 Å². The van der Waals surface area contributed by atoms with Gasteiger partial charge in [0.2, 0.25) is 5.56 Å². The number of methoxy groups -OCH3 is 1. The van der Waals surface area contributed by atoms with Crippen LogP contribution >= 0.6 is 17.9 Å². The molecule has 7 nitrogen and oxygen atoms in total. The van der Waals surface area contributed by atoms with E-state index in [9.17, 15) is 9.90 Å². The number of aromatic amines is 1. The van der Waals surface area contributed by atoms with Crippen LogP contribution in [0.1, 0.15) is 22.8 Å². The standard InChI is InChI=1S/C39H37N3O4.H4P2/c1-45-36-19-16-31(24-34(36)29-10-6-3-7-11-29)41-30-14-12-27(13-15-30)22-23-40-25-35(43)32-17-20-37(39-33(32)18-21-38(44)42-39)46-26-28-8-4-2-5-9-28;1-2/h2-21,24,35,40-41,43H,22-23,25-26H2,1H3,(H,42,44);1-2H2/t35-;/m0./s1. The van der Waals surface area contributed by atoms with Crippen LogP contribution in [0.4, 0.5) is 11.4 Å². The second-order valence-corrected chi connectivity index (χ2v) is 11.1. The van der Waals surface area contributed by atoms with Crippen LogP contribution < -0.4 is 25.7 Å². The van der Waals surface area contributed by atoms with Crippen LogP contribution in [0.3, 0.4) is 0 Å². The molecule has 2 unspecified atom stereocenters. The van der Waals surface area contributed by atoms with Gasteiger partial charge in [-0.05, 0) is 77.7 Å². The number of ether oxygens (including phenoxy) is 2. The van der Waals surface area contributed by atoms with Crippen LogP contribution in [-0.4, -0.2) is 30.3 Å². The lowest BCUT2D eigenvalue weighted by Gasteiger charge is -2.17. The van der Waals surface area contributed by atoms with Crippen molar-refractivity contribution in [3.8, 4) is 22.6 Å². The molecule has 1 aromatic heterocycles. The van der Waals surface area contributed by atoms with E-state index in [2.05, 4.69) is 75.9 Å². The molecule has 5 aromatic carbocycles. The van der Waals surface area contributed by atoms with Crippen molar-refractivity contribution in [1.82, 2.24) is 10.3 Å². The highest BCUT2D eigenvalue weighted by Gasteiger charge is 2.15. The van der Waals surface area contributed by atoms with Gasteiger partial charge in [-0.2, -0.15) is 0 Å². The Kier molecular flexibility index (Phi) is 12.8. The molecule has 0 amide bonds. The molecule has 0 aliphatic rings. The zero-order valence-electron chi connectivity index (χ0n) is 26.9. The summed E-state index contributed by atoms with van der Waals surface area (Å²) in [7, 11) is 6.36. The zero-order valence-corrected chi connectivity index (χ0v) is 29.2. The van der Waals surface area contributed by atoms with Gasteiger partial charge in [0.05, 0.1) is 18.7 Å². The number of hydrogen-bond acceptors (Lipinski definition) is 6. The van der Waals surface area contributed by atoms with Gasteiger partial charge in [0.15, 0.2) is 0 Å². The Hall–Kier alpha value is -4.51. The Morgan fingerprint density at radius 1 is 0.771 bits per heavy atom. The number of pyridine rings is 1. The fourth-order valence-electron chi connectivity index (χ4n) is 5.53. The molecule has 0 radical (unpaired) electrons. The highest BCUT2D eigenvalue weighted by Crippen LogP contribution is 2.34. The summed E-state index contributed by atoms with van der Waals surface area (Å²) in [4.78, 5) is 15.0. The van der Waals surface area contributed by atoms with Crippen LogP contribution in [0.15, 0.2) is 132 Å². The van der Waals surface area contributed by atoms with E-state index in [0.717, 1.165) is 51.2 Å². The minimum absolute atomic E-state index is 0.219. The maximum Gasteiger partial charge on any atom is 0.248 e. The maximum atomic E-state index is 12.1. The monoisotopic (exact) mass is 677 g/mol. The van der Waals surface area contributed by atoms with E-state index in [1.165, 1.54) is 11.6 Å². The molecule has 1 heterocycles. The highest BCUT2D eigenvalue weighted by molar-refractivity contribution is 7.92. The minimum atomic E-state index is -0.756. The van der Waals surface area contributed by atoms with Crippen LogP contribution in [0, 0.1) is 0 Å². The van der Waals surface area contributed by atoms with Crippen molar-refractivity contribution in [3.63, 3.8) is 0 Å².